The van der Waals surface area contributed by atoms with Crippen molar-refractivity contribution in [1.82, 2.24) is 10.2 Å². The summed E-state index contributed by atoms with van der Waals surface area (Å²) in [6, 6.07) is 20.4. The van der Waals surface area contributed by atoms with E-state index in [4.69, 9.17) is 0 Å². The maximum absolute atomic E-state index is 13.9. The van der Waals surface area contributed by atoms with Crippen LogP contribution in [0, 0.1) is 20.8 Å². The maximum Gasteiger partial charge on any atom is 0.264 e. The average molecular weight is 522 g/mol. The molecule has 3 rings (SSSR count). The average Bonchev–Trinajstić information content (AvgIpc) is 2.87. The fraction of sp³-hybridized carbons (Fsp3) is 0.310. The standard InChI is InChI=1S/C29H35N3O4S/c1-6-30-29(34)24(5)31(19-25-13-9-7-11-22(25)3)28(33)20-32(27-14-10-8-12-23(27)4)37(35,36)26-17-15-21(2)16-18-26/h7-18,24H,6,19-20H2,1-5H3,(H,30,34). The lowest BCUT2D eigenvalue weighted by molar-refractivity contribution is -0.139. The molecular weight excluding hydrogens is 486 g/mol. The van der Waals surface area contributed by atoms with Gasteiger partial charge in [-0.15, -0.1) is 0 Å². The summed E-state index contributed by atoms with van der Waals surface area (Å²) in [5, 5.41) is 2.77. The fourth-order valence-corrected chi connectivity index (χ4v) is 5.55. The van der Waals surface area contributed by atoms with E-state index in [0.29, 0.717) is 17.8 Å². The topological polar surface area (TPSA) is 86.8 Å². The highest BCUT2D eigenvalue weighted by molar-refractivity contribution is 7.92. The van der Waals surface area contributed by atoms with Gasteiger partial charge in [-0.25, -0.2) is 8.42 Å². The number of rotatable bonds is 10. The van der Waals surface area contributed by atoms with E-state index < -0.39 is 28.5 Å². The molecule has 0 heterocycles. The summed E-state index contributed by atoms with van der Waals surface area (Å²) in [5.41, 5.74) is 3.92. The van der Waals surface area contributed by atoms with Crippen molar-refractivity contribution in [2.24, 2.45) is 0 Å². The molecule has 0 bridgehead atoms. The van der Waals surface area contributed by atoms with Crippen molar-refractivity contribution in [3.8, 4) is 0 Å². The Morgan fingerprint density at radius 2 is 1.46 bits per heavy atom. The van der Waals surface area contributed by atoms with Crippen molar-refractivity contribution in [2.45, 2.75) is 52.1 Å². The second-order valence-electron chi connectivity index (χ2n) is 9.13. The monoisotopic (exact) mass is 521 g/mol. The molecule has 0 fully saturated rings. The van der Waals surface area contributed by atoms with Crippen LogP contribution in [0.2, 0.25) is 0 Å². The quantitative estimate of drug-likeness (QED) is 0.430. The van der Waals surface area contributed by atoms with Crippen LogP contribution >= 0.6 is 0 Å². The predicted octanol–water partition coefficient (Wildman–Crippen LogP) is 4.36. The number of likely N-dealkylation sites (N-methyl/N-ethyl adjacent to an activating group) is 1. The third-order valence-corrected chi connectivity index (χ3v) is 8.17. The first-order chi connectivity index (χ1) is 17.6. The first kappa shape index (κ1) is 27.9. The Morgan fingerprint density at radius 1 is 0.865 bits per heavy atom. The van der Waals surface area contributed by atoms with Crippen LogP contribution in [-0.2, 0) is 26.2 Å². The summed E-state index contributed by atoms with van der Waals surface area (Å²) in [5.74, 6) is -0.769. The predicted molar refractivity (Wildman–Crippen MR) is 147 cm³/mol. The van der Waals surface area contributed by atoms with Crippen molar-refractivity contribution < 1.29 is 18.0 Å². The number of anilines is 1. The highest BCUT2D eigenvalue weighted by atomic mass is 32.2. The number of sulfonamides is 1. The molecule has 0 aromatic heterocycles. The molecule has 3 aromatic rings. The molecule has 0 saturated heterocycles. The molecule has 0 radical (unpaired) electrons. The van der Waals surface area contributed by atoms with Gasteiger partial charge in [0.1, 0.15) is 12.6 Å². The van der Waals surface area contributed by atoms with Gasteiger partial charge in [-0.3, -0.25) is 13.9 Å². The van der Waals surface area contributed by atoms with Crippen molar-refractivity contribution >= 4 is 27.5 Å². The Balaban J connectivity index is 2.05. The highest BCUT2D eigenvalue weighted by Crippen LogP contribution is 2.27. The first-order valence-electron chi connectivity index (χ1n) is 12.3. The molecular formula is C29H35N3O4S. The summed E-state index contributed by atoms with van der Waals surface area (Å²) >= 11 is 0. The summed E-state index contributed by atoms with van der Waals surface area (Å²) in [6.45, 7) is 9.25. The van der Waals surface area contributed by atoms with Gasteiger partial charge >= 0.3 is 0 Å². The van der Waals surface area contributed by atoms with Crippen LogP contribution < -0.4 is 9.62 Å². The van der Waals surface area contributed by atoms with E-state index in [1.165, 1.54) is 4.90 Å². The molecule has 1 N–H and O–H groups in total. The van der Waals surface area contributed by atoms with E-state index in [9.17, 15) is 18.0 Å². The number of benzene rings is 3. The molecule has 0 aliphatic carbocycles. The molecule has 1 atom stereocenters. The van der Waals surface area contributed by atoms with Gasteiger partial charge in [0.05, 0.1) is 10.6 Å². The number of hydrogen-bond acceptors (Lipinski definition) is 4. The lowest BCUT2D eigenvalue weighted by Crippen LogP contribution is -2.51. The molecule has 1 unspecified atom stereocenters. The lowest BCUT2D eigenvalue weighted by Gasteiger charge is -2.32. The zero-order valence-corrected chi connectivity index (χ0v) is 22.9. The molecule has 196 valence electrons. The van der Waals surface area contributed by atoms with Gasteiger partial charge in [0.15, 0.2) is 0 Å². The van der Waals surface area contributed by atoms with E-state index in [-0.39, 0.29) is 17.3 Å². The minimum Gasteiger partial charge on any atom is -0.355 e. The van der Waals surface area contributed by atoms with Crippen molar-refractivity contribution in [1.29, 1.82) is 0 Å². The molecule has 2 amide bonds. The number of nitrogens with zero attached hydrogens (tertiary/aromatic N) is 2. The van der Waals surface area contributed by atoms with Crippen LogP contribution in [0.4, 0.5) is 5.69 Å². The van der Waals surface area contributed by atoms with Crippen molar-refractivity contribution in [2.75, 3.05) is 17.4 Å². The second kappa shape index (κ2) is 12.1. The van der Waals surface area contributed by atoms with E-state index in [2.05, 4.69) is 5.32 Å². The number of amides is 2. The van der Waals surface area contributed by atoms with Crippen LogP contribution in [0.25, 0.3) is 0 Å². The van der Waals surface area contributed by atoms with Gasteiger partial charge in [0.2, 0.25) is 11.8 Å². The zero-order valence-electron chi connectivity index (χ0n) is 22.1. The van der Waals surface area contributed by atoms with Gasteiger partial charge in [-0.05, 0) is 69.5 Å². The normalized spacial score (nSPS) is 12.0. The van der Waals surface area contributed by atoms with E-state index in [0.717, 1.165) is 21.0 Å². The number of hydrogen-bond donors (Lipinski definition) is 1. The molecule has 8 heteroatoms. The van der Waals surface area contributed by atoms with E-state index in [1.54, 1.807) is 56.3 Å². The van der Waals surface area contributed by atoms with Gasteiger partial charge in [0.25, 0.3) is 10.0 Å². The van der Waals surface area contributed by atoms with Gasteiger partial charge < -0.3 is 10.2 Å². The number of nitrogens with one attached hydrogen (secondary N) is 1. The van der Waals surface area contributed by atoms with Crippen LogP contribution in [0.3, 0.4) is 0 Å². The Labute approximate surface area is 220 Å². The summed E-state index contributed by atoms with van der Waals surface area (Å²) in [4.78, 5) is 28.2. The van der Waals surface area contributed by atoms with Gasteiger partial charge in [0, 0.05) is 13.1 Å². The smallest absolute Gasteiger partial charge is 0.264 e. The molecule has 3 aromatic carbocycles. The molecule has 0 spiro atoms. The number of para-hydroxylation sites is 1. The van der Waals surface area contributed by atoms with Gasteiger partial charge in [-0.1, -0.05) is 60.2 Å². The minimum absolute atomic E-state index is 0.0939. The van der Waals surface area contributed by atoms with E-state index >= 15 is 0 Å². The van der Waals surface area contributed by atoms with Crippen molar-refractivity contribution in [3.05, 3.63) is 95.1 Å². The molecule has 0 saturated carbocycles. The highest BCUT2D eigenvalue weighted by Gasteiger charge is 2.33. The Hall–Kier alpha value is -3.65. The Morgan fingerprint density at radius 3 is 2.05 bits per heavy atom. The molecule has 37 heavy (non-hydrogen) atoms. The first-order valence-corrected chi connectivity index (χ1v) is 13.8. The lowest BCUT2D eigenvalue weighted by atomic mass is 10.1. The summed E-state index contributed by atoms with van der Waals surface area (Å²) < 4.78 is 28.8. The fourth-order valence-electron chi connectivity index (χ4n) is 4.07. The largest absolute Gasteiger partial charge is 0.355 e. The van der Waals surface area contributed by atoms with Crippen LogP contribution in [-0.4, -0.2) is 44.3 Å². The van der Waals surface area contributed by atoms with Gasteiger partial charge in [-0.2, -0.15) is 0 Å². The second-order valence-corrected chi connectivity index (χ2v) is 11.0. The zero-order chi connectivity index (χ0) is 27.2. The van der Waals surface area contributed by atoms with Crippen LogP contribution in [0.5, 0.6) is 0 Å². The Bertz CT molecular complexity index is 1350. The van der Waals surface area contributed by atoms with E-state index in [1.807, 2.05) is 51.1 Å². The van der Waals surface area contributed by atoms with Crippen LogP contribution in [0.15, 0.2) is 77.7 Å². The maximum atomic E-state index is 13.9. The molecule has 0 aliphatic rings. The third-order valence-electron chi connectivity index (χ3n) is 6.39. The van der Waals surface area contributed by atoms with Crippen LogP contribution in [0.1, 0.15) is 36.1 Å². The SMILES string of the molecule is CCNC(=O)C(C)N(Cc1ccccc1C)C(=O)CN(c1ccccc1C)S(=O)(=O)c1ccc(C)cc1. The minimum atomic E-state index is -4.07. The molecule has 0 aliphatic heterocycles. The number of carbonyl (C=O) groups excluding carboxylic acids is 2. The summed E-state index contributed by atoms with van der Waals surface area (Å²) in [7, 11) is -4.07. The number of aryl methyl sites for hydroxylation is 3. The molecule has 7 nitrogen and oxygen atoms in total. The van der Waals surface area contributed by atoms with Crippen molar-refractivity contribution in [3.63, 3.8) is 0 Å². The number of carbonyl (C=O) groups is 2. The Kier molecular flexibility index (Phi) is 9.10. The summed E-state index contributed by atoms with van der Waals surface area (Å²) in [6.07, 6.45) is 0. The third kappa shape index (κ3) is 6.57.